The second-order valence-corrected chi connectivity index (χ2v) is 7.13. The number of hydrogen-bond acceptors (Lipinski definition) is 5. The molecular formula is C9H12F3N3O2S2. The Kier molecular flexibility index (Phi) is 3.76. The lowest BCUT2D eigenvalue weighted by Gasteiger charge is -2.33. The van der Waals surface area contributed by atoms with Crippen LogP contribution >= 0.6 is 11.3 Å². The third-order valence-electron chi connectivity index (χ3n) is 2.91. The minimum absolute atomic E-state index is 0.0907. The third kappa shape index (κ3) is 3.37. The number of primary sulfonamides is 1. The van der Waals surface area contributed by atoms with Gasteiger partial charge in [-0.15, -0.1) is 0 Å². The van der Waals surface area contributed by atoms with Gasteiger partial charge in [0.1, 0.15) is 0 Å². The number of rotatable bonds is 2. The van der Waals surface area contributed by atoms with Gasteiger partial charge in [-0.05, 0) is 12.8 Å². The van der Waals surface area contributed by atoms with Gasteiger partial charge in [0, 0.05) is 13.1 Å². The minimum Gasteiger partial charge on any atom is -0.347 e. The maximum Gasteiger partial charge on any atom is 0.393 e. The summed E-state index contributed by atoms with van der Waals surface area (Å²) >= 11 is 0.794. The molecule has 0 saturated carbocycles. The lowest BCUT2D eigenvalue weighted by molar-refractivity contribution is -0.175. The van der Waals surface area contributed by atoms with Crippen molar-refractivity contribution in [3.8, 4) is 0 Å². The smallest absolute Gasteiger partial charge is 0.347 e. The van der Waals surface area contributed by atoms with Gasteiger partial charge in [-0.2, -0.15) is 13.2 Å². The molecule has 2 heterocycles. The zero-order chi connectivity index (χ0) is 14.3. The fourth-order valence-corrected chi connectivity index (χ4v) is 3.52. The van der Waals surface area contributed by atoms with Crippen LogP contribution in [0.2, 0.25) is 0 Å². The molecular weight excluding hydrogens is 303 g/mol. The Morgan fingerprint density at radius 1 is 1.47 bits per heavy atom. The van der Waals surface area contributed by atoms with Gasteiger partial charge in [0.25, 0.3) is 0 Å². The van der Waals surface area contributed by atoms with Gasteiger partial charge >= 0.3 is 6.18 Å². The topological polar surface area (TPSA) is 76.3 Å². The molecule has 0 radical (unpaired) electrons. The molecule has 1 saturated heterocycles. The van der Waals surface area contributed by atoms with Crippen molar-refractivity contribution in [2.75, 3.05) is 18.0 Å². The van der Waals surface area contributed by atoms with Crippen molar-refractivity contribution in [2.45, 2.75) is 23.2 Å². The predicted molar refractivity (Wildman–Crippen MR) is 64.5 cm³/mol. The van der Waals surface area contributed by atoms with Gasteiger partial charge in [-0.3, -0.25) is 0 Å². The predicted octanol–water partition coefficient (Wildman–Crippen LogP) is 1.57. The second-order valence-electron chi connectivity index (χ2n) is 4.33. The van der Waals surface area contributed by atoms with Gasteiger partial charge in [0.15, 0.2) is 9.34 Å². The van der Waals surface area contributed by atoms with E-state index in [2.05, 4.69) is 4.98 Å². The molecule has 1 aromatic rings. The number of nitrogens with zero attached hydrogens (tertiary/aromatic N) is 2. The second kappa shape index (κ2) is 4.91. The SMILES string of the molecule is NS(=O)(=O)c1cnc(N2CCC[C@@H](C(F)(F)F)C2)s1. The molecule has 0 aliphatic carbocycles. The van der Waals surface area contributed by atoms with Crippen molar-refractivity contribution in [1.82, 2.24) is 4.98 Å². The first kappa shape index (κ1) is 14.5. The van der Waals surface area contributed by atoms with Crippen LogP contribution < -0.4 is 10.0 Å². The summed E-state index contributed by atoms with van der Waals surface area (Å²) in [6.45, 7) is 0.241. The monoisotopic (exact) mass is 315 g/mol. The van der Waals surface area contributed by atoms with E-state index in [0.717, 1.165) is 17.5 Å². The molecule has 0 spiro atoms. The molecule has 1 fully saturated rings. The third-order valence-corrected chi connectivity index (χ3v) is 5.37. The number of nitrogens with two attached hydrogens (primary N) is 1. The fourth-order valence-electron chi connectivity index (χ4n) is 1.95. The van der Waals surface area contributed by atoms with Crippen LogP contribution in [0.3, 0.4) is 0 Å². The van der Waals surface area contributed by atoms with Crippen LogP contribution in [0, 0.1) is 5.92 Å². The highest BCUT2D eigenvalue weighted by Crippen LogP contribution is 2.36. The van der Waals surface area contributed by atoms with Crippen molar-refractivity contribution in [3.63, 3.8) is 0 Å². The van der Waals surface area contributed by atoms with Crippen LogP contribution in [0.4, 0.5) is 18.3 Å². The summed E-state index contributed by atoms with van der Waals surface area (Å²) in [6, 6.07) is 0. The van der Waals surface area contributed by atoms with Crippen molar-refractivity contribution in [2.24, 2.45) is 11.1 Å². The first-order valence-corrected chi connectivity index (χ1v) is 7.84. The quantitative estimate of drug-likeness (QED) is 0.899. The normalized spacial score (nSPS) is 21.7. The molecule has 19 heavy (non-hydrogen) atoms. The Balaban J connectivity index is 2.16. The van der Waals surface area contributed by atoms with E-state index in [9.17, 15) is 21.6 Å². The number of piperidine rings is 1. The lowest BCUT2D eigenvalue weighted by Crippen LogP contribution is -2.41. The van der Waals surface area contributed by atoms with Crippen LogP contribution in [0.1, 0.15) is 12.8 Å². The van der Waals surface area contributed by atoms with E-state index in [1.54, 1.807) is 0 Å². The average molecular weight is 315 g/mol. The van der Waals surface area contributed by atoms with Crippen LogP contribution in [0.5, 0.6) is 0 Å². The van der Waals surface area contributed by atoms with Crippen molar-refractivity contribution in [1.29, 1.82) is 0 Å². The van der Waals surface area contributed by atoms with E-state index in [1.807, 2.05) is 0 Å². The Morgan fingerprint density at radius 3 is 2.68 bits per heavy atom. The molecule has 1 aliphatic heterocycles. The highest BCUT2D eigenvalue weighted by atomic mass is 32.2. The highest BCUT2D eigenvalue weighted by molar-refractivity contribution is 7.91. The molecule has 108 valence electrons. The van der Waals surface area contributed by atoms with Gasteiger partial charge in [-0.1, -0.05) is 11.3 Å². The average Bonchev–Trinajstić information content (AvgIpc) is 2.77. The number of aromatic nitrogens is 1. The van der Waals surface area contributed by atoms with Gasteiger partial charge < -0.3 is 4.90 Å². The molecule has 0 unspecified atom stereocenters. The van der Waals surface area contributed by atoms with Crippen LogP contribution in [0.15, 0.2) is 10.4 Å². The first-order valence-electron chi connectivity index (χ1n) is 5.48. The molecule has 10 heteroatoms. The molecule has 1 aromatic heterocycles. The van der Waals surface area contributed by atoms with E-state index >= 15 is 0 Å². The largest absolute Gasteiger partial charge is 0.393 e. The summed E-state index contributed by atoms with van der Waals surface area (Å²) in [5, 5.41) is 5.20. The summed E-state index contributed by atoms with van der Waals surface area (Å²) in [5.41, 5.74) is 0. The number of alkyl halides is 3. The van der Waals surface area contributed by atoms with Crippen LogP contribution in [-0.4, -0.2) is 32.7 Å². The zero-order valence-electron chi connectivity index (χ0n) is 9.72. The van der Waals surface area contributed by atoms with Gasteiger partial charge in [0.2, 0.25) is 10.0 Å². The molecule has 2 N–H and O–H groups in total. The van der Waals surface area contributed by atoms with E-state index in [1.165, 1.54) is 4.90 Å². The van der Waals surface area contributed by atoms with Gasteiger partial charge in [-0.25, -0.2) is 18.5 Å². The Labute approximate surface area is 112 Å². The Hall–Kier alpha value is -0.870. The molecule has 0 aromatic carbocycles. The summed E-state index contributed by atoms with van der Waals surface area (Å²) in [7, 11) is -3.86. The molecule has 1 atom stereocenters. The summed E-state index contributed by atoms with van der Waals surface area (Å²) in [6.07, 6.45) is -2.67. The van der Waals surface area contributed by atoms with Crippen molar-refractivity contribution >= 4 is 26.5 Å². The van der Waals surface area contributed by atoms with Crippen LogP contribution in [0.25, 0.3) is 0 Å². The molecule has 0 amide bonds. The van der Waals surface area contributed by atoms with Gasteiger partial charge in [0.05, 0.1) is 12.1 Å². The highest BCUT2D eigenvalue weighted by Gasteiger charge is 2.42. The van der Waals surface area contributed by atoms with E-state index in [4.69, 9.17) is 5.14 Å². The lowest BCUT2D eigenvalue weighted by atomic mass is 9.98. The first-order chi connectivity index (χ1) is 8.68. The number of hydrogen-bond donors (Lipinski definition) is 1. The van der Waals surface area contributed by atoms with Crippen molar-refractivity contribution < 1.29 is 21.6 Å². The Morgan fingerprint density at radius 2 is 2.16 bits per heavy atom. The minimum atomic E-state index is -4.24. The maximum atomic E-state index is 12.7. The van der Waals surface area contributed by atoms with E-state index in [-0.39, 0.29) is 22.3 Å². The molecule has 0 bridgehead atoms. The Bertz CT molecular complexity index is 555. The number of halogens is 3. The maximum absolute atomic E-state index is 12.7. The zero-order valence-corrected chi connectivity index (χ0v) is 11.4. The summed E-state index contributed by atoms with van der Waals surface area (Å²) in [4.78, 5) is 5.30. The van der Waals surface area contributed by atoms with Crippen molar-refractivity contribution in [3.05, 3.63) is 6.20 Å². The fraction of sp³-hybridized carbons (Fsp3) is 0.667. The number of thiazole rings is 1. The number of sulfonamides is 1. The molecule has 2 rings (SSSR count). The standard InChI is InChI=1S/C9H12F3N3O2S2/c10-9(11,12)6-2-1-3-15(5-6)8-14-4-7(18-8)19(13,16)17/h4,6H,1-3,5H2,(H2,13,16,17)/t6-/m1/s1. The summed E-state index contributed by atoms with van der Waals surface area (Å²) < 4.78 is 60.1. The summed E-state index contributed by atoms with van der Waals surface area (Å²) in [5.74, 6) is -1.40. The van der Waals surface area contributed by atoms with Crippen LogP contribution in [-0.2, 0) is 10.0 Å². The molecule has 5 nitrogen and oxygen atoms in total. The van der Waals surface area contributed by atoms with E-state index < -0.39 is 22.1 Å². The van der Waals surface area contributed by atoms with E-state index in [0.29, 0.717) is 13.0 Å². The number of anilines is 1. The molecule has 1 aliphatic rings.